The van der Waals surface area contributed by atoms with Gasteiger partial charge in [-0.25, -0.2) is 0 Å². The molecule has 0 aliphatic carbocycles. The minimum absolute atomic E-state index is 0.00893. The number of rotatable bonds is 2. The molecule has 0 atom stereocenters. The summed E-state index contributed by atoms with van der Waals surface area (Å²) in [4.78, 5) is 27.7. The van der Waals surface area contributed by atoms with Crippen LogP contribution in [-0.2, 0) is 0 Å². The molecule has 1 amide bonds. The van der Waals surface area contributed by atoms with E-state index in [1.54, 1.807) is 18.5 Å². The van der Waals surface area contributed by atoms with Crippen LogP contribution in [0.2, 0.25) is 5.02 Å². The van der Waals surface area contributed by atoms with Crippen molar-refractivity contribution in [3.8, 4) is 16.9 Å². The molecule has 1 spiro atoms. The highest BCUT2D eigenvalue weighted by atomic mass is 35.5. The number of amides is 1. The van der Waals surface area contributed by atoms with Crippen LogP contribution >= 0.6 is 11.6 Å². The lowest BCUT2D eigenvalue weighted by Gasteiger charge is -2.44. The molecule has 1 fully saturated rings. The van der Waals surface area contributed by atoms with Gasteiger partial charge in [0.1, 0.15) is 11.4 Å². The number of hydrogen-bond acceptors (Lipinski definition) is 4. The van der Waals surface area contributed by atoms with Crippen LogP contribution in [0.5, 0.6) is 5.75 Å². The molecule has 1 aromatic heterocycles. The van der Waals surface area contributed by atoms with Gasteiger partial charge in [-0.3, -0.25) is 14.7 Å². The summed E-state index contributed by atoms with van der Waals surface area (Å²) < 4.78 is 6.34. The number of fused-ring (bicyclic) bond motifs is 1. The van der Waals surface area contributed by atoms with Gasteiger partial charge in [0, 0.05) is 48.3 Å². The zero-order valence-electron chi connectivity index (χ0n) is 17.2. The molecule has 0 unspecified atom stereocenters. The Labute approximate surface area is 185 Å². The number of Topliss-reactive ketones (excluding diaryl/α,β-unsaturated/α-hetero) is 1. The van der Waals surface area contributed by atoms with E-state index in [1.165, 1.54) is 0 Å². The van der Waals surface area contributed by atoms with Crippen LogP contribution in [0.3, 0.4) is 0 Å². The van der Waals surface area contributed by atoms with Gasteiger partial charge >= 0.3 is 0 Å². The average molecular weight is 436 g/mol. The van der Waals surface area contributed by atoms with Crippen molar-refractivity contribution in [1.29, 1.82) is 0 Å². The van der Waals surface area contributed by atoms with E-state index in [-0.39, 0.29) is 11.7 Å². The van der Waals surface area contributed by atoms with E-state index in [1.807, 2.05) is 42.2 Å². The second-order valence-electron chi connectivity index (χ2n) is 8.34. The Balaban J connectivity index is 1.31. The minimum Gasteiger partial charge on any atom is -0.486 e. The topological polar surface area (TPSA) is 75.3 Å². The molecule has 0 radical (unpaired) electrons. The van der Waals surface area contributed by atoms with Gasteiger partial charge < -0.3 is 9.64 Å². The zero-order chi connectivity index (χ0) is 21.6. The van der Waals surface area contributed by atoms with Crippen LogP contribution in [-0.4, -0.2) is 45.5 Å². The Morgan fingerprint density at radius 3 is 2.74 bits per heavy atom. The molecule has 5 rings (SSSR count). The Morgan fingerprint density at radius 1 is 1.19 bits per heavy atom. The maximum absolute atomic E-state index is 13.1. The highest BCUT2D eigenvalue weighted by Gasteiger charge is 2.44. The molecule has 0 bridgehead atoms. The summed E-state index contributed by atoms with van der Waals surface area (Å²) in [6.07, 6.45) is 5.09. The third kappa shape index (κ3) is 3.61. The van der Waals surface area contributed by atoms with E-state index in [2.05, 4.69) is 10.2 Å². The number of aryl methyl sites for hydroxylation is 1. The van der Waals surface area contributed by atoms with Crippen molar-refractivity contribution in [1.82, 2.24) is 15.1 Å². The number of H-pyrrole nitrogens is 1. The summed E-state index contributed by atoms with van der Waals surface area (Å²) in [7, 11) is 0. The fraction of sp³-hybridized carbons (Fsp3) is 0.292. The van der Waals surface area contributed by atoms with E-state index >= 15 is 0 Å². The first-order valence-corrected chi connectivity index (χ1v) is 10.7. The fourth-order valence-corrected chi connectivity index (χ4v) is 4.60. The first-order valence-electron chi connectivity index (χ1n) is 10.3. The largest absolute Gasteiger partial charge is 0.486 e. The van der Waals surface area contributed by atoms with Crippen LogP contribution in [0.4, 0.5) is 0 Å². The first-order chi connectivity index (χ1) is 14.9. The van der Waals surface area contributed by atoms with E-state index < -0.39 is 5.60 Å². The van der Waals surface area contributed by atoms with Crippen molar-refractivity contribution in [3.63, 3.8) is 0 Å². The number of hydrogen-bond donors (Lipinski definition) is 1. The van der Waals surface area contributed by atoms with Crippen LogP contribution in [0.1, 0.15) is 45.5 Å². The van der Waals surface area contributed by atoms with Gasteiger partial charge in [0.15, 0.2) is 5.78 Å². The lowest BCUT2D eigenvalue weighted by atomic mass is 9.82. The van der Waals surface area contributed by atoms with Crippen molar-refractivity contribution >= 4 is 23.3 Å². The van der Waals surface area contributed by atoms with Crippen LogP contribution < -0.4 is 4.74 Å². The fourth-order valence-electron chi connectivity index (χ4n) is 4.43. The van der Waals surface area contributed by atoms with Crippen molar-refractivity contribution in [2.24, 2.45) is 0 Å². The molecule has 2 aromatic carbocycles. The van der Waals surface area contributed by atoms with Crippen molar-refractivity contribution in [2.45, 2.75) is 31.8 Å². The highest BCUT2D eigenvalue weighted by molar-refractivity contribution is 6.31. The molecular formula is C24H22ClN3O3. The Kier molecular flexibility index (Phi) is 4.82. The van der Waals surface area contributed by atoms with Crippen molar-refractivity contribution < 1.29 is 14.3 Å². The second-order valence-corrected chi connectivity index (χ2v) is 8.75. The molecule has 3 aromatic rings. The maximum Gasteiger partial charge on any atom is 0.253 e. The minimum atomic E-state index is -0.556. The summed E-state index contributed by atoms with van der Waals surface area (Å²) in [6, 6.07) is 11.1. The summed E-state index contributed by atoms with van der Waals surface area (Å²) in [5, 5.41) is 7.34. The molecule has 6 nitrogen and oxygen atoms in total. The number of carbonyl (C=O) groups is 2. The predicted molar refractivity (Wildman–Crippen MR) is 118 cm³/mol. The number of aromatic nitrogens is 2. The Morgan fingerprint density at radius 2 is 2.00 bits per heavy atom. The van der Waals surface area contributed by atoms with E-state index in [0.29, 0.717) is 54.3 Å². The first kappa shape index (κ1) is 19.8. The van der Waals surface area contributed by atoms with Gasteiger partial charge in [0.2, 0.25) is 0 Å². The number of benzene rings is 2. The molecule has 2 aliphatic heterocycles. The van der Waals surface area contributed by atoms with E-state index in [0.717, 1.165) is 16.7 Å². The standard InChI is InChI=1S/C24H22ClN3O3/c1-15-9-22-19(11-20(15)25)21(29)12-24(31-22)5-7-28(8-6-24)23(30)17-4-2-3-16(10-17)18-13-26-27-14-18/h2-4,9-11,13-14H,5-8,12H2,1H3,(H,26,27). The number of piperidine rings is 1. The van der Waals surface area contributed by atoms with Crippen molar-refractivity contribution in [2.75, 3.05) is 13.1 Å². The number of ether oxygens (including phenoxy) is 1. The highest BCUT2D eigenvalue weighted by Crippen LogP contribution is 2.41. The quantitative estimate of drug-likeness (QED) is 0.634. The second kappa shape index (κ2) is 7.54. The number of nitrogens with zero attached hydrogens (tertiary/aromatic N) is 2. The maximum atomic E-state index is 13.1. The van der Waals surface area contributed by atoms with Crippen LogP contribution in [0, 0.1) is 6.92 Å². The molecule has 1 N–H and O–H groups in total. The molecule has 3 heterocycles. The zero-order valence-corrected chi connectivity index (χ0v) is 17.9. The van der Waals surface area contributed by atoms with Crippen molar-refractivity contribution in [3.05, 3.63) is 70.5 Å². The summed E-state index contributed by atoms with van der Waals surface area (Å²) in [6.45, 7) is 2.99. The van der Waals surface area contributed by atoms with Gasteiger partial charge in [0.05, 0.1) is 18.2 Å². The number of likely N-dealkylation sites (tertiary alicyclic amines) is 1. The summed E-state index contributed by atoms with van der Waals surface area (Å²) in [5.74, 6) is 0.645. The summed E-state index contributed by atoms with van der Waals surface area (Å²) >= 11 is 6.19. The lowest BCUT2D eigenvalue weighted by Crippen LogP contribution is -2.52. The van der Waals surface area contributed by atoms with E-state index in [9.17, 15) is 9.59 Å². The molecule has 158 valence electrons. The number of nitrogens with one attached hydrogen (secondary N) is 1. The van der Waals surface area contributed by atoms with Crippen LogP contribution in [0.15, 0.2) is 48.8 Å². The third-order valence-corrected chi connectivity index (χ3v) is 6.68. The molecule has 7 heteroatoms. The lowest BCUT2D eigenvalue weighted by molar-refractivity contribution is -0.00573. The van der Waals surface area contributed by atoms with Gasteiger partial charge in [-0.2, -0.15) is 5.10 Å². The molecule has 2 aliphatic rings. The monoisotopic (exact) mass is 435 g/mol. The van der Waals surface area contributed by atoms with Gasteiger partial charge in [-0.1, -0.05) is 23.7 Å². The SMILES string of the molecule is Cc1cc2c(cc1Cl)C(=O)CC1(CCN(C(=O)c3cccc(-c4cn[nH]c4)c3)CC1)O2. The smallest absolute Gasteiger partial charge is 0.253 e. The third-order valence-electron chi connectivity index (χ3n) is 6.27. The predicted octanol–water partition coefficient (Wildman–Crippen LogP) is 4.68. The van der Waals surface area contributed by atoms with Gasteiger partial charge in [-0.15, -0.1) is 0 Å². The number of halogens is 1. The van der Waals surface area contributed by atoms with Gasteiger partial charge in [-0.05, 0) is 42.3 Å². The molecule has 31 heavy (non-hydrogen) atoms. The van der Waals surface area contributed by atoms with Crippen LogP contribution in [0.25, 0.3) is 11.1 Å². The molecule has 1 saturated heterocycles. The average Bonchev–Trinajstić information content (AvgIpc) is 3.31. The van der Waals surface area contributed by atoms with Gasteiger partial charge in [0.25, 0.3) is 5.91 Å². The normalized spacial score (nSPS) is 17.4. The Hall–Kier alpha value is -3.12. The van der Waals surface area contributed by atoms with E-state index in [4.69, 9.17) is 16.3 Å². The number of aromatic amines is 1. The number of carbonyl (C=O) groups excluding carboxylic acids is 2. The molecular weight excluding hydrogens is 414 g/mol. The summed E-state index contributed by atoms with van der Waals surface area (Å²) in [5.41, 5.74) is 3.41. The number of ketones is 1. The molecule has 0 saturated carbocycles. The Bertz CT molecular complexity index is 1160.